The number of rotatable bonds is 5. The minimum Gasteiger partial charge on any atom is -0.375 e. The molecule has 33 heavy (non-hydrogen) atoms. The fourth-order valence-corrected chi connectivity index (χ4v) is 4.16. The Kier molecular flexibility index (Phi) is 7.59. The maximum atomic E-state index is 15.1. The SMILES string of the molecule is CC1CN(c2ccc(-c3cc4nccnc4c(NC[C@@H]4CNCCO4)n3)cc2F)CCO1.S. The molecular weight excluding hydrogens is 443 g/mol. The number of nitrogens with zero attached hydrogens (tertiary/aromatic N) is 4. The second-order valence-electron chi connectivity index (χ2n) is 8.15. The van der Waals surface area contributed by atoms with E-state index in [1.165, 1.54) is 6.07 Å². The molecule has 2 aliphatic rings. The smallest absolute Gasteiger partial charge is 0.154 e. The van der Waals surface area contributed by atoms with E-state index >= 15 is 4.39 Å². The van der Waals surface area contributed by atoms with Gasteiger partial charge in [0.2, 0.25) is 0 Å². The lowest BCUT2D eigenvalue weighted by molar-refractivity contribution is 0.0372. The highest BCUT2D eigenvalue weighted by Crippen LogP contribution is 2.30. The molecule has 0 spiro atoms. The van der Waals surface area contributed by atoms with Gasteiger partial charge in [-0.2, -0.15) is 13.5 Å². The summed E-state index contributed by atoms with van der Waals surface area (Å²) in [5.41, 5.74) is 3.31. The number of nitrogens with one attached hydrogen (secondary N) is 2. The predicted molar refractivity (Wildman–Crippen MR) is 132 cm³/mol. The molecule has 0 amide bonds. The first-order valence-electron chi connectivity index (χ1n) is 11.0. The Bertz CT molecular complexity index is 1100. The van der Waals surface area contributed by atoms with Crippen LogP contribution in [0.5, 0.6) is 0 Å². The minimum absolute atomic E-state index is 0. The van der Waals surface area contributed by atoms with Crippen LogP contribution in [0, 0.1) is 5.82 Å². The van der Waals surface area contributed by atoms with Crippen LogP contribution in [0.2, 0.25) is 0 Å². The third kappa shape index (κ3) is 5.35. The zero-order valence-electron chi connectivity index (χ0n) is 18.6. The van der Waals surface area contributed by atoms with E-state index in [1.54, 1.807) is 12.4 Å². The van der Waals surface area contributed by atoms with Crippen LogP contribution in [0.25, 0.3) is 22.3 Å². The molecule has 0 saturated carbocycles. The number of fused-ring (bicyclic) bond motifs is 1. The van der Waals surface area contributed by atoms with Crippen LogP contribution in [-0.2, 0) is 9.47 Å². The maximum Gasteiger partial charge on any atom is 0.154 e. The summed E-state index contributed by atoms with van der Waals surface area (Å²) in [6.45, 7) is 6.88. The first kappa shape index (κ1) is 23.6. The first-order chi connectivity index (χ1) is 15.7. The van der Waals surface area contributed by atoms with Gasteiger partial charge in [-0.1, -0.05) is 6.07 Å². The van der Waals surface area contributed by atoms with E-state index in [1.807, 2.05) is 30.0 Å². The standard InChI is InChI=1S/C23H27FN6O2.H2S/c1-15-14-30(7-9-31-15)21-3-2-16(10-18(21)24)19-11-20-22(27-5-4-26-20)23(29-19)28-13-17-12-25-6-8-32-17;/h2-5,10-11,15,17,25H,6-9,12-14H2,1H3,(H,28,29);1H2/t15?,17-;/m0./s1. The minimum atomic E-state index is -0.270. The zero-order valence-corrected chi connectivity index (χ0v) is 19.6. The zero-order chi connectivity index (χ0) is 21.9. The molecule has 0 aliphatic carbocycles. The van der Waals surface area contributed by atoms with Gasteiger partial charge in [-0.05, 0) is 25.1 Å². The third-order valence-electron chi connectivity index (χ3n) is 5.78. The van der Waals surface area contributed by atoms with Gasteiger partial charge >= 0.3 is 0 Å². The van der Waals surface area contributed by atoms with E-state index in [-0.39, 0.29) is 31.5 Å². The van der Waals surface area contributed by atoms with E-state index in [9.17, 15) is 0 Å². The van der Waals surface area contributed by atoms with Gasteiger partial charge in [-0.25, -0.2) is 14.4 Å². The second-order valence-corrected chi connectivity index (χ2v) is 8.15. The van der Waals surface area contributed by atoms with Crippen molar-refractivity contribution in [3.63, 3.8) is 0 Å². The summed E-state index contributed by atoms with van der Waals surface area (Å²) in [4.78, 5) is 15.7. The molecule has 2 N–H and O–H groups in total. The molecule has 2 aliphatic heterocycles. The molecule has 0 radical (unpaired) electrons. The number of hydrogen-bond acceptors (Lipinski definition) is 8. The van der Waals surface area contributed by atoms with E-state index in [4.69, 9.17) is 14.5 Å². The van der Waals surface area contributed by atoms with Gasteiger partial charge < -0.3 is 25.0 Å². The highest BCUT2D eigenvalue weighted by Gasteiger charge is 2.21. The van der Waals surface area contributed by atoms with Crippen molar-refractivity contribution < 1.29 is 13.9 Å². The molecule has 0 bridgehead atoms. The summed E-state index contributed by atoms with van der Waals surface area (Å²) >= 11 is 0. The molecule has 3 aromatic rings. The molecule has 2 aromatic heterocycles. The molecule has 2 fully saturated rings. The molecule has 1 aromatic carbocycles. The fourth-order valence-electron chi connectivity index (χ4n) is 4.16. The average Bonchev–Trinajstić information content (AvgIpc) is 2.83. The van der Waals surface area contributed by atoms with Crippen LogP contribution in [0.1, 0.15) is 6.92 Å². The van der Waals surface area contributed by atoms with Crippen LogP contribution in [0.4, 0.5) is 15.9 Å². The highest BCUT2D eigenvalue weighted by molar-refractivity contribution is 7.59. The molecule has 5 rings (SSSR count). The van der Waals surface area contributed by atoms with Crippen molar-refractivity contribution in [1.82, 2.24) is 20.3 Å². The molecular formula is C23H29FN6O2S. The molecule has 10 heteroatoms. The van der Waals surface area contributed by atoms with Gasteiger partial charge in [0, 0.05) is 50.7 Å². The number of anilines is 2. The van der Waals surface area contributed by atoms with Crippen LogP contribution in [0.15, 0.2) is 36.7 Å². The predicted octanol–water partition coefficient (Wildman–Crippen LogP) is 2.57. The van der Waals surface area contributed by atoms with Crippen LogP contribution < -0.4 is 15.5 Å². The third-order valence-corrected chi connectivity index (χ3v) is 5.78. The summed E-state index contributed by atoms with van der Waals surface area (Å²) in [6.07, 6.45) is 3.42. The van der Waals surface area contributed by atoms with Gasteiger partial charge in [0.25, 0.3) is 0 Å². The molecule has 2 atom stereocenters. The van der Waals surface area contributed by atoms with Crippen molar-refractivity contribution in [3.8, 4) is 11.3 Å². The number of aromatic nitrogens is 3. The van der Waals surface area contributed by atoms with E-state index in [0.717, 1.165) is 13.1 Å². The first-order valence-corrected chi connectivity index (χ1v) is 11.0. The molecule has 4 heterocycles. The second kappa shape index (κ2) is 10.6. The van der Waals surface area contributed by atoms with E-state index < -0.39 is 0 Å². The number of morpholine rings is 2. The maximum absolute atomic E-state index is 15.1. The van der Waals surface area contributed by atoms with E-state index in [0.29, 0.717) is 66.6 Å². The highest BCUT2D eigenvalue weighted by atomic mass is 32.1. The molecule has 8 nitrogen and oxygen atoms in total. The number of pyridine rings is 1. The number of hydrogen-bond donors (Lipinski definition) is 2. The van der Waals surface area contributed by atoms with Crippen molar-refractivity contribution in [1.29, 1.82) is 0 Å². The lowest BCUT2D eigenvalue weighted by atomic mass is 10.1. The summed E-state index contributed by atoms with van der Waals surface area (Å²) < 4.78 is 26.4. The van der Waals surface area contributed by atoms with Crippen molar-refractivity contribution >= 4 is 36.0 Å². The van der Waals surface area contributed by atoms with Gasteiger partial charge in [0.15, 0.2) is 5.82 Å². The number of benzene rings is 1. The summed E-state index contributed by atoms with van der Waals surface area (Å²) in [5, 5.41) is 6.68. The number of ether oxygens (including phenoxy) is 2. The molecule has 1 unspecified atom stereocenters. The lowest BCUT2D eigenvalue weighted by Gasteiger charge is -2.33. The average molecular weight is 473 g/mol. The van der Waals surface area contributed by atoms with Crippen molar-refractivity contribution in [2.24, 2.45) is 0 Å². The Morgan fingerprint density at radius 3 is 2.85 bits per heavy atom. The number of halogens is 1. The van der Waals surface area contributed by atoms with Crippen LogP contribution in [-0.4, -0.2) is 73.1 Å². The van der Waals surface area contributed by atoms with Crippen molar-refractivity contribution in [2.45, 2.75) is 19.1 Å². The largest absolute Gasteiger partial charge is 0.375 e. The fraction of sp³-hybridized carbons (Fsp3) is 0.435. The summed E-state index contributed by atoms with van der Waals surface area (Å²) in [5.74, 6) is 0.347. The monoisotopic (exact) mass is 472 g/mol. The molecule has 2 saturated heterocycles. The van der Waals surface area contributed by atoms with Gasteiger partial charge in [-0.3, -0.25) is 4.98 Å². The van der Waals surface area contributed by atoms with Crippen molar-refractivity contribution in [3.05, 3.63) is 42.5 Å². The van der Waals surface area contributed by atoms with Crippen molar-refractivity contribution in [2.75, 3.05) is 56.2 Å². The summed E-state index contributed by atoms with van der Waals surface area (Å²) in [6, 6.07) is 7.11. The van der Waals surface area contributed by atoms with Crippen LogP contribution >= 0.6 is 13.5 Å². The lowest BCUT2D eigenvalue weighted by Crippen LogP contribution is -2.42. The Morgan fingerprint density at radius 2 is 2.06 bits per heavy atom. The van der Waals surface area contributed by atoms with Gasteiger partial charge in [-0.15, -0.1) is 0 Å². The quantitative estimate of drug-likeness (QED) is 0.586. The normalized spacial score (nSPS) is 21.0. The van der Waals surface area contributed by atoms with Gasteiger partial charge in [0.05, 0.1) is 42.3 Å². The Hall–Kier alpha value is -2.53. The molecule has 176 valence electrons. The Morgan fingerprint density at radius 1 is 1.18 bits per heavy atom. The summed E-state index contributed by atoms with van der Waals surface area (Å²) in [7, 11) is 0. The van der Waals surface area contributed by atoms with Gasteiger partial charge in [0.1, 0.15) is 11.3 Å². The van der Waals surface area contributed by atoms with E-state index in [2.05, 4.69) is 20.6 Å². The topological polar surface area (TPSA) is 84.4 Å². The van der Waals surface area contributed by atoms with Crippen LogP contribution in [0.3, 0.4) is 0 Å². The Balaban J connectivity index is 0.00000259. The Labute approximate surface area is 199 Å².